The lowest BCUT2D eigenvalue weighted by atomic mass is 9.96. The number of allylic oxidation sites excluding steroid dienone is 2. The molecule has 0 unspecified atom stereocenters. The second-order valence-corrected chi connectivity index (χ2v) is 7.68. The predicted molar refractivity (Wildman–Crippen MR) is 104 cm³/mol. The summed E-state index contributed by atoms with van der Waals surface area (Å²) in [5, 5.41) is 0. The van der Waals surface area contributed by atoms with Crippen LogP contribution in [-0.2, 0) is 9.53 Å². The SMILES string of the molecule is CC(C)(C)OC(=O)c1ccc(-c2nc(C3=CC(=O)CCC3)cnc2N)cc1F. The standard InChI is InChI=1S/C21H22FN3O3/c1-21(2,3)28-20(27)15-8-7-13(10-16(15)22)18-19(23)24-11-17(25-18)12-5-4-6-14(26)9-12/h7-11H,4-6H2,1-3H3,(H2,23,24). The minimum atomic E-state index is -0.741. The van der Waals surface area contributed by atoms with Gasteiger partial charge in [0.25, 0.3) is 0 Å². The first-order chi connectivity index (χ1) is 13.1. The van der Waals surface area contributed by atoms with Gasteiger partial charge in [-0.25, -0.2) is 19.2 Å². The van der Waals surface area contributed by atoms with Gasteiger partial charge in [-0.3, -0.25) is 4.79 Å². The second kappa shape index (κ2) is 7.50. The average molecular weight is 383 g/mol. The summed E-state index contributed by atoms with van der Waals surface area (Å²) in [6, 6.07) is 4.08. The molecular weight excluding hydrogens is 361 g/mol. The summed E-state index contributed by atoms with van der Waals surface area (Å²) in [4.78, 5) is 32.4. The fourth-order valence-electron chi connectivity index (χ4n) is 2.92. The van der Waals surface area contributed by atoms with Crippen LogP contribution in [0.1, 0.15) is 56.1 Å². The van der Waals surface area contributed by atoms with Crippen LogP contribution in [0.3, 0.4) is 0 Å². The van der Waals surface area contributed by atoms with Gasteiger partial charge in [-0.1, -0.05) is 6.07 Å². The van der Waals surface area contributed by atoms with E-state index in [-0.39, 0.29) is 17.2 Å². The minimum Gasteiger partial charge on any atom is -0.456 e. The third kappa shape index (κ3) is 4.42. The molecule has 0 atom stereocenters. The Hall–Kier alpha value is -3.09. The summed E-state index contributed by atoms with van der Waals surface area (Å²) in [5.74, 6) is -1.29. The number of benzene rings is 1. The maximum absolute atomic E-state index is 14.6. The van der Waals surface area contributed by atoms with Crippen molar-refractivity contribution in [2.24, 2.45) is 0 Å². The maximum Gasteiger partial charge on any atom is 0.341 e. The summed E-state index contributed by atoms with van der Waals surface area (Å²) in [7, 11) is 0. The highest BCUT2D eigenvalue weighted by atomic mass is 19.1. The lowest BCUT2D eigenvalue weighted by molar-refractivity contribution is -0.114. The molecule has 6 nitrogen and oxygen atoms in total. The van der Waals surface area contributed by atoms with E-state index in [0.717, 1.165) is 18.4 Å². The van der Waals surface area contributed by atoms with Crippen LogP contribution < -0.4 is 5.73 Å². The molecule has 2 aromatic rings. The van der Waals surface area contributed by atoms with Crippen molar-refractivity contribution in [1.82, 2.24) is 9.97 Å². The van der Waals surface area contributed by atoms with Crippen molar-refractivity contribution in [3.8, 4) is 11.3 Å². The smallest absolute Gasteiger partial charge is 0.341 e. The van der Waals surface area contributed by atoms with Gasteiger partial charge in [-0.15, -0.1) is 0 Å². The molecule has 1 aromatic heterocycles. The zero-order chi connectivity index (χ0) is 20.5. The fraction of sp³-hybridized carbons (Fsp3) is 0.333. The molecule has 28 heavy (non-hydrogen) atoms. The van der Waals surface area contributed by atoms with Crippen molar-refractivity contribution in [3.63, 3.8) is 0 Å². The molecule has 146 valence electrons. The predicted octanol–water partition coefficient (Wildman–Crippen LogP) is 3.96. The molecule has 0 saturated carbocycles. The van der Waals surface area contributed by atoms with Gasteiger partial charge >= 0.3 is 5.97 Å². The molecule has 1 heterocycles. The van der Waals surface area contributed by atoms with E-state index in [4.69, 9.17) is 10.5 Å². The van der Waals surface area contributed by atoms with Crippen LogP contribution in [0.15, 0.2) is 30.5 Å². The number of esters is 1. The van der Waals surface area contributed by atoms with E-state index in [0.29, 0.717) is 23.4 Å². The summed E-state index contributed by atoms with van der Waals surface area (Å²) < 4.78 is 19.8. The molecule has 1 aliphatic carbocycles. The molecule has 0 saturated heterocycles. The number of carbonyl (C=O) groups is 2. The van der Waals surface area contributed by atoms with Crippen LogP contribution in [0, 0.1) is 5.82 Å². The number of hydrogen-bond acceptors (Lipinski definition) is 6. The van der Waals surface area contributed by atoms with Gasteiger partial charge in [-0.05, 0) is 57.4 Å². The van der Waals surface area contributed by atoms with E-state index in [9.17, 15) is 14.0 Å². The van der Waals surface area contributed by atoms with E-state index in [2.05, 4.69) is 9.97 Å². The van der Waals surface area contributed by atoms with Gasteiger partial charge in [0, 0.05) is 12.0 Å². The number of ether oxygens (including phenoxy) is 1. The van der Waals surface area contributed by atoms with Crippen LogP contribution in [0.2, 0.25) is 0 Å². The van der Waals surface area contributed by atoms with Crippen LogP contribution in [0.5, 0.6) is 0 Å². The van der Waals surface area contributed by atoms with E-state index >= 15 is 0 Å². The van der Waals surface area contributed by atoms with Gasteiger partial charge in [-0.2, -0.15) is 0 Å². The molecule has 1 aliphatic rings. The molecule has 0 bridgehead atoms. The number of ketones is 1. The Morgan fingerprint density at radius 1 is 1.25 bits per heavy atom. The van der Waals surface area contributed by atoms with Crippen molar-refractivity contribution in [3.05, 3.63) is 47.5 Å². The highest BCUT2D eigenvalue weighted by Gasteiger charge is 2.22. The Morgan fingerprint density at radius 2 is 2.00 bits per heavy atom. The number of hydrogen-bond donors (Lipinski definition) is 1. The largest absolute Gasteiger partial charge is 0.456 e. The van der Waals surface area contributed by atoms with Gasteiger partial charge in [0.15, 0.2) is 5.78 Å². The van der Waals surface area contributed by atoms with Crippen molar-refractivity contribution in [2.75, 3.05) is 5.73 Å². The molecule has 7 heteroatoms. The first-order valence-corrected chi connectivity index (χ1v) is 9.03. The second-order valence-electron chi connectivity index (χ2n) is 7.68. The number of rotatable bonds is 3. The Balaban J connectivity index is 1.95. The number of nitrogen functional groups attached to an aromatic ring is 1. The summed E-state index contributed by atoms with van der Waals surface area (Å²) in [5.41, 5.74) is 7.06. The third-order valence-electron chi connectivity index (χ3n) is 4.20. The van der Waals surface area contributed by atoms with Crippen molar-refractivity contribution in [1.29, 1.82) is 0 Å². The fourth-order valence-corrected chi connectivity index (χ4v) is 2.92. The van der Waals surface area contributed by atoms with Crippen molar-refractivity contribution >= 4 is 23.1 Å². The molecular formula is C21H22FN3O3. The first-order valence-electron chi connectivity index (χ1n) is 9.03. The van der Waals surface area contributed by atoms with Crippen molar-refractivity contribution < 1.29 is 18.7 Å². The monoisotopic (exact) mass is 383 g/mol. The highest BCUT2D eigenvalue weighted by molar-refractivity contribution is 5.98. The van der Waals surface area contributed by atoms with Crippen LogP contribution in [0.25, 0.3) is 16.8 Å². The van der Waals surface area contributed by atoms with Gasteiger partial charge < -0.3 is 10.5 Å². The van der Waals surface area contributed by atoms with E-state index in [1.165, 1.54) is 18.3 Å². The molecule has 2 N–H and O–H groups in total. The third-order valence-corrected chi connectivity index (χ3v) is 4.20. The van der Waals surface area contributed by atoms with Crippen LogP contribution >= 0.6 is 0 Å². The number of nitrogens with zero attached hydrogens (tertiary/aromatic N) is 2. The molecule has 0 fully saturated rings. The molecule has 0 spiro atoms. The summed E-state index contributed by atoms with van der Waals surface area (Å²) in [6.07, 6.45) is 5.07. The molecule has 0 amide bonds. The van der Waals surface area contributed by atoms with E-state index in [1.807, 2.05) is 0 Å². The zero-order valence-corrected chi connectivity index (χ0v) is 16.1. The number of aromatic nitrogens is 2. The molecule has 0 radical (unpaired) electrons. The summed E-state index contributed by atoms with van der Waals surface area (Å²) in [6.45, 7) is 5.14. The average Bonchev–Trinajstić information content (AvgIpc) is 2.60. The topological polar surface area (TPSA) is 95.2 Å². The van der Waals surface area contributed by atoms with Gasteiger partial charge in [0.05, 0.1) is 17.5 Å². The molecule has 1 aromatic carbocycles. The zero-order valence-electron chi connectivity index (χ0n) is 16.1. The Bertz CT molecular complexity index is 977. The minimum absolute atomic E-state index is 0.0502. The highest BCUT2D eigenvalue weighted by Crippen LogP contribution is 2.29. The molecule has 0 aliphatic heterocycles. The van der Waals surface area contributed by atoms with Crippen molar-refractivity contribution in [2.45, 2.75) is 45.6 Å². The number of anilines is 1. The Kier molecular flexibility index (Phi) is 5.27. The quantitative estimate of drug-likeness (QED) is 0.806. The number of nitrogens with two attached hydrogens (primary N) is 1. The Morgan fingerprint density at radius 3 is 2.64 bits per heavy atom. The summed E-state index contributed by atoms with van der Waals surface area (Å²) >= 11 is 0. The lowest BCUT2D eigenvalue weighted by Crippen LogP contribution is -2.24. The normalized spacial score (nSPS) is 14.6. The maximum atomic E-state index is 14.6. The van der Waals surface area contributed by atoms with Crippen LogP contribution in [-0.4, -0.2) is 27.3 Å². The van der Waals surface area contributed by atoms with Crippen LogP contribution in [0.4, 0.5) is 10.2 Å². The van der Waals surface area contributed by atoms with Gasteiger partial charge in [0.1, 0.15) is 22.9 Å². The molecule has 3 rings (SSSR count). The van der Waals surface area contributed by atoms with E-state index < -0.39 is 17.4 Å². The first kappa shape index (κ1) is 19.7. The number of carbonyl (C=O) groups excluding carboxylic acids is 2. The van der Waals surface area contributed by atoms with Gasteiger partial charge in [0.2, 0.25) is 0 Å². The lowest BCUT2D eigenvalue weighted by Gasteiger charge is -2.19. The Labute approximate surface area is 162 Å². The number of halogens is 1. The van der Waals surface area contributed by atoms with E-state index in [1.54, 1.807) is 32.9 Å².